The predicted octanol–water partition coefficient (Wildman–Crippen LogP) is 3.44. The highest BCUT2D eigenvalue weighted by Crippen LogP contribution is 2.22. The Labute approximate surface area is 127 Å². The van der Waals surface area contributed by atoms with Crippen molar-refractivity contribution in [3.05, 3.63) is 70.9 Å². The topological polar surface area (TPSA) is 63.5 Å². The number of oxime groups is 1. The molecule has 0 fully saturated rings. The van der Waals surface area contributed by atoms with Crippen LogP contribution in [0.25, 0.3) is 10.9 Å². The van der Waals surface area contributed by atoms with Crippen molar-refractivity contribution in [1.29, 1.82) is 0 Å². The lowest BCUT2D eigenvalue weighted by Crippen LogP contribution is -2.12. The van der Waals surface area contributed by atoms with Crippen LogP contribution in [0, 0.1) is 0 Å². The van der Waals surface area contributed by atoms with Crippen LogP contribution in [-0.4, -0.2) is 15.6 Å². The number of hydrogen-bond acceptors (Lipinski definition) is 2. The number of nitrogens with two attached hydrogens (primary N) is 1. The van der Waals surface area contributed by atoms with Crippen molar-refractivity contribution in [2.45, 2.75) is 6.54 Å². The van der Waals surface area contributed by atoms with Crippen molar-refractivity contribution in [3.63, 3.8) is 0 Å². The van der Waals surface area contributed by atoms with Gasteiger partial charge in [0.1, 0.15) is 0 Å². The number of amidine groups is 1. The summed E-state index contributed by atoms with van der Waals surface area (Å²) in [5.74, 6) is 0.107. The fraction of sp³-hybridized carbons (Fsp3) is 0.0625. The summed E-state index contributed by atoms with van der Waals surface area (Å²) in [5.41, 5.74) is 8.45. The monoisotopic (exact) mass is 299 g/mol. The highest BCUT2D eigenvalue weighted by Gasteiger charge is 2.06. The first-order valence-corrected chi connectivity index (χ1v) is 6.87. The van der Waals surface area contributed by atoms with Crippen LogP contribution in [0.1, 0.15) is 11.1 Å². The maximum Gasteiger partial charge on any atom is 0.170 e. The van der Waals surface area contributed by atoms with E-state index >= 15 is 0 Å². The van der Waals surface area contributed by atoms with Gasteiger partial charge >= 0.3 is 0 Å². The van der Waals surface area contributed by atoms with Crippen LogP contribution >= 0.6 is 11.6 Å². The van der Waals surface area contributed by atoms with E-state index in [2.05, 4.69) is 9.72 Å². The number of aromatic nitrogens is 1. The highest BCUT2D eigenvalue weighted by molar-refractivity contribution is 6.31. The molecular weight excluding hydrogens is 286 g/mol. The normalized spacial score (nSPS) is 12.0. The predicted molar refractivity (Wildman–Crippen MR) is 85.0 cm³/mol. The van der Waals surface area contributed by atoms with Crippen LogP contribution < -0.4 is 5.73 Å². The van der Waals surface area contributed by atoms with E-state index < -0.39 is 0 Å². The van der Waals surface area contributed by atoms with Gasteiger partial charge in [0.05, 0.1) is 0 Å². The van der Waals surface area contributed by atoms with E-state index in [1.807, 2.05) is 54.7 Å². The van der Waals surface area contributed by atoms with Gasteiger partial charge in [-0.05, 0) is 35.9 Å². The molecule has 0 saturated heterocycles. The summed E-state index contributed by atoms with van der Waals surface area (Å²) in [5, 5.41) is 13.5. The molecule has 2 aromatic carbocycles. The first-order chi connectivity index (χ1) is 10.2. The first kappa shape index (κ1) is 13.5. The molecule has 0 aliphatic heterocycles. The van der Waals surface area contributed by atoms with Gasteiger partial charge in [0.15, 0.2) is 5.84 Å². The molecule has 0 spiro atoms. The van der Waals surface area contributed by atoms with E-state index in [1.54, 1.807) is 0 Å². The van der Waals surface area contributed by atoms with Gasteiger partial charge in [-0.2, -0.15) is 0 Å². The summed E-state index contributed by atoms with van der Waals surface area (Å²) in [7, 11) is 0. The second kappa shape index (κ2) is 5.50. The average Bonchev–Trinajstić information content (AvgIpc) is 2.91. The van der Waals surface area contributed by atoms with Crippen molar-refractivity contribution >= 4 is 28.3 Å². The molecule has 4 nitrogen and oxygen atoms in total. The van der Waals surface area contributed by atoms with E-state index in [9.17, 15) is 0 Å². The van der Waals surface area contributed by atoms with E-state index in [1.165, 1.54) is 0 Å². The van der Waals surface area contributed by atoms with E-state index in [4.69, 9.17) is 22.5 Å². The summed E-state index contributed by atoms with van der Waals surface area (Å²) >= 11 is 6.20. The Balaban J connectivity index is 2.00. The molecule has 0 unspecified atom stereocenters. The minimum absolute atomic E-state index is 0.107. The molecule has 1 heterocycles. The zero-order valence-corrected chi connectivity index (χ0v) is 12.0. The second-order valence-electron chi connectivity index (χ2n) is 4.79. The van der Waals surface area contributed by atoms with Gasteiger partial charge in [0.2, 0.25) is 0 Å². The largest absolute Gasteiger partial charge is 0.409 e. The summed E-state index contributed by atoms with van der Waals surface area (Å²) in [6.45, 7) is 0.700. The maximum atomic E-state index is 8.73. The quantitative estimate of drug-likeness (QED) is 0.337. The average molecular weight is 300 g/mol. The van der Waals surface area contributed by atoms with Crippen molar-refractivity contribution < 1.29 is 5.21 Å². The van der Waals surface area contributed by atoms with E-state index in [0.717, 1.165) is 21.5 Å². The molecule has 0 aliphatic rings. The molecule has 0 radical (unpaired) electrons. The molecule has 3 N–H and O–H groups in total. The number of rotatable bonds is 3. The fourth-order valence-electron chi connectivity index (χ4n) is 2.37. The van der Waals surface area contributed by atoms with Crippen LogP contribution in [0.5, 0.6) is 0 Å². The van der Waals surface area contributed by atoms with Gasteiger partial charge in [0.25, 0.3) is 0 Å². The van der Waals surface area contributed by atoms with Crippen molar-refractivity contribution in [2.75, 3.05) is 0 Å². The number of halogens is 1. The molecule has 0 saturated carbocycles. The fourth-order valence-corrected chi connectivity index (χ4v) is 2.56. The Morgan fingerprint density at radius 3 is 2.76 bits per heavy atom. The summed E-state index contributed by atoms with van der Waals surface area (Å²) in [4.78, 5) is 0. The summed E-state index contributed by atoms with van der Waals surface area (Å²) in [6.07, 6.45) is 2.00. The van der Waals surface area contributed by atoms with Gasteiger partial charge < -0.3 is 15.5 Å². The van der Waals surface area contributed by atoms with Crippen LogP contribution in [0.2, 0.25) is 5.02 Å². The number of hydrogen-bond donors (Lipinski definition) is 2. The number of fused-ring (bicyclic) bond motifs is 1. The third-order valence-corrected chi connectivity index (χ3v) is 3.84. The highest BCUT2D eigenvalue weighted by atomic mass is 35.5. The minimum atomic E-state index is 0.107. The second-order valence-corrected chi connectivity index (χ2v) is 5.20. The van der Waals surface area contributed by atoms with Gasteiger partial charge in [-0.15, -0.1) is 0 Å². The molecule has 0 amide bonds. The van der Waals surface area contributed by atoms with Crippen molar-refractivity contribution in [1.82, 2.24) is 4.57 Å². The molecular formula is C16H14ClN3O. The lowest BCUT2D eigenvalue weighted by atomic mass is 10.1. The maximum absolute atomic E-state index is 8.73. The number of nitrogens with zero attached hydrogens (tertiary/aromatic N) is 2. The molecule has 106 valence electrons. The smallest absolute Gasteiger partial charge is 0.170 e. The zero-order chi connectivity index (χ0) is 14.8. The lowest BCUT2D eigenvalue weighted by molar-refractivity contribution is 0.318. The molecule has 21 heavy (non-hydrogen) atoms. The minimum Gasteiger partial charge on any atom is -0.409 e. The summed E-state index contributed by atoms with van der Waals surface area (Å²) < 4.78 is 2.12. The standard InChI is InChI=1S/C16H14ClN3O/c17-14-4-2-1-3-13(14)10-20-8-7-11-9-12(16(18)19-21)5-6-15(11)20/h1-9,21H,10H2,(H2,18,19). The van der Waals surface area contributed by atoms with Crippen LogP contribution in [-0.2, 0) is 6.54 Å². The van der Waals surface area contributed by atoms with Crippen LogP contribution in [0.3, 0.4) is 0 Å². The van der Waals surface area contributed by atoms with Gasteiger partial charge in [0, 0.05) is 34.2 Å². The molecule has 0 atom stereocenters. The van der Waals surface area contributed by atoms with Gasteiger partial charge in [-0.1, -0.05) is 35.0 Å². The molecule has 3 aromatic rings. The lowest BCUT2D eigenvalue weighted by Gasteiger charge is -2.08. The van der Waals surface area contributed by atoms with E-state index in [-0.39, 0.29) is 5.84 Å². The molecule has 1 aromatic heterocycles. The Kier molecular flexibility index (Phi) is 3.54. The van der Waals surface area contributed by atoms with Gasteiger partial charge in [-0.3, -0.25) is 0 Å². The van der Waals surface area contributed by atoms with Crippen molar-refractivity contribution in [3.8, 4) is 0 Å². The van der Waals surface area contributed by atoms with Gasteiger partial charge in [-0.25, -0.2) is 0 Å². The van der Waals surface area contributed by atoms with Crippen molar-refractivity contribution in [2.24, 2.45) is 10.9 Å². The zero-order valence-electron chi connectivity index (χ0n) is 11.2. The van der Waals surface area contributed by atoms with Crippen LogP contribution in [0.15, 0.2) is 59.9 Å². The van der Waals surface area contributed by atoms with Crippen LogP contribution in [0.4, 0.5) is 0 Å². The van der Waals surface area contributed by atoms with E-state index in [0.29, 0.717) is 12.1 Å². The first-order valence-electron chi connectivity index (χ1n) is 6.49. The summed E-state index contributed by atoms with van der Waals surface area (Å²) in [6, 6.07) is 15.5. The Morgan fingerprint density at radius 1 is 1.19 bits per heavy atom. The Hall–Kier alpha value is -2.46. The third kappa shape index (κ3) is 2.58. The molecule has 0 bridgehead atoms. The SMILES string of the molecule is N/C(=N/O)c1ccc2c(ccn2Cc2ccccc2Cl)c1. The molecule has 3 rings (SSSR count). The molecule has 0 aliphatic carbocycles. The Bertz CT molecular complexity index is 823. The third-order valence-electron chi connectivity index (χ3n) is 3.47. The molecule has 5 heteroatoms. The Morgan fingerprint density at radius 2 is 2.00 bits per heavy atom. The number of benzene rings is 2.